The van der Waals surface area contributed by atoms with Gasteiger partial charge in [-0.05, 0) is 10.8 Å². The van der Waals surface area contributed by atoms with Crippen LogP contribution in [0.3, 0.4) is 0 Å². The smallest absolute Gasteiger partial charge is 0.331 e. The molecule has 0 radical (unpaired) electrons. The third kappa shape index (κ3) is 1.37. The molecule has 18 heavy (non-hydrogen) atoms. The van der Waals surface area contributed by atoms with Crippen molar-refractivity contribution in [2.75, 3.05) is 7.11 Å². The Morgan fingerprint density at radius 1 is 1.11 bits per heavy atom. The zero-order valence-corrected chi connectivity index (χ0v) is 9.77. The predicted octanol–water partition coefficient (Wildman–Crippen LogP) is 1.46. The highest BCUT2D eigenvalue weighted by atomic mass is 16.5. The third-order valence-corrected chi connectivity index (χ3v) is 3.15. The molecular formula is C15H10O3. The molecule has 0 aromatic heterocycles. The Morgan fingerprint density at radius 2 is 1.78 bits per heavy atom. The molecule has 0 fully saturated rings. The molecule has 3 rings (SSSR count). The third-order valence-electron chi connectivity index (χ3n) is 3.15. The fourth-order valence-electron chi connectivity index (χ4n) is 2.34. The summed E-state index contributed by atoms with van der Waals surface area (Å²) in [4.78, 5) is 23.6. The summed E-state index contributed by atoms with van der Waals surface area (Å²) in [5.41, 5.74) is -0.118. The van der Waals surface area contributed by atoms with Crippen LogP contribution >= 0.6 is 0 Å². The van der Waals surface area contributed by atoms with Crippen LogP contribution in [0.1, 0.15) is 0 Å². The van der Waals surface area contributed by atoms with E-state index in [0.29, 0.717) is 10.6 Å². The quantitative estimate of drug-likeness (QED) is 0.603. The van der Waals surface area contributed by atoms with Crippen molar-refractivity contribution in [2.24, 2.45) is 0 Å². The van der Waals surface area contributed by atoms with Gasteiger partial charge in [0.2, 0.25) is 0 Å². The number of hydrogen-bond acceptors (Lipinski definition) is 3. The molecule has 0 aliphatic heterocycles. The second-order valence-electron chi connectivity index (χ2n) is 4.12. The molecule has 3 aromatic rings. The molecule has 88 valence electrons. The first-order valence-electron chi connectivity index (χ1n) is 5.59. The molecule has 0 unspecified atom stereocenters. The van der Waals surface area contributed by atoms with Crippen molar-refractivity contribution in [2.45, 2.75) is 0 Å². The standard InChI is InChI=1S/C15H10O3/c1-18-13(16)8-12-10-6-2-4-9-5-3-7-11(14(9)10)15(12)17/h2-8H,1H3/b12-8+. The van der Waals surface area contributed by atoms with E-state index in [2.05, 4.69) is 4.74 Å². The molecule has 0 amide bonds. The summed E-state index contributed by atoms with van der Waals surface area (Å²) in [6.45, 7) is 0. The molecule has 0 aliphatic rings. The number of ether oxygens (including phenoxy) is 1. The Kier molecular flexibility index (Phi) is 2.27. The fourth-order valence-corrected chi connectivity index (χ4v) is 2.34. The van der Waals surface area contributed by atoms with Gasteiger partial charge < -0.3 is 4.74 Å². The molecule has 0 heterocycles. The Morgan fingerprint density at radius 3 is 2.44 bits per heavy atom. The molecule has 0 atom stereocenters. The SMILES string of the molecule is COC(=O)/C=c1/c(=O)c2cccc3cccc1c32. The summed E-state index contributed by atoms with van der Waals surface area (Å²) in [5.74, 6) is -0.511. The maximum Gasteiger partial charge on any atom is 0.331 e. The van der Waals surface area contributed by atoms with Gasteiger partial charge in [0.25, 0.3) is 0 Å². The van der Waals surface area contributed by atoms with E-state index in [1.54, 1.807) is 6.07 Å². The summed E-state index contributed by atoms with van der Waals surface area (Å²) in [6.07, 6.45) is 1.26. The summed E-state index contributed by atoms with van der Waals surface area (Å²) in [6, 6.07) is 11.3. The minimum absolute atomic E-state index is 0.118. The second kappa shape index (κ2) is 3.81. The minimum atomic E-state index is -0.511. The van der Waals surface area contributed by atoms with Gasteiger partial charge >= 0.3 is 5.97 Å². The average Bonchev–Trinajstić information content (AvgIpc) is 2.67. The first-order chi connectivity index (χ1) is 8.72. The highest BCUT2D eigenvalue weighted by Crippen LogP contribution is 2.22. The molecule has 3 nitrogen and oxygen atoms in total. The molecule has 0 spiro atoms. The fraction of sp³-hybridized carbons (Fsp3) is 0.0667. The van der Waals surface area contributed by atoms with E-state index in [4.69, 9.17) is 0 Å². The highest BCUT2D eigenvalue weighted by Gasteiger charge is 2.11. The maximum absolute atomic E-state index is 12.3. The van der Waals surface area contributed by atoms with Crippen LogP contribution in [0.5, 0.6) is 0 Å². The van der Waals surface area contributed by atoms with Gasteiger partial charge in [-0.2, -0.15) is 0 Å². The lowest BCUT2D eigenvalue weighted by Gasteiger charge is -1.96. The van der Waals surface area contributed by atoms with E-state index < -0.39 is 5.97 Å². The topological polar surface area (TPSA) is 43.4 Å². The van der Waals surface area contributed by atoms with Crippen molar-refractivity contribution in [3.63, 3.8) is 0 Å². The van der Waals surface area contributed by atoms with Crippen LogP contribution in [0, 0.1) is 0 Å². The van der Waals surface area contributed by atoms with Gasteiger partial charge in [0.05, 0.1) is 7.11 Å². The van der Waals surface area contributed by atoms with Gasteiger partial charge in [0, 0.05) is 22.1 Å². The zero-order chi connectivity index (χ0) is 12.7. The molecule has 0 saturated carbocycles. The van der Waals surface area contributed by atoms with E-state index in [0.717, 1.165) is 16.2 Å². The summed E-state index contributed by atoms with van der Waals surface area (Å²) in [5, 5.41) is 3.79. The van der Waals surface area contributed by atoms with Crippen LogP contribution in [0.15, 0.2) is 41.2 Å². The van der Waals surface area contributed by atoms with Crippen molar-refractivity contribution in [3.05, 3.63) is 51.8 Å². The molecule has 0 N–H and O–H groups in total. The second-order valence-corrected chi connectivity index (χ2v) is 4.12. The monoisotopic (exact) mass is 238 g/mol. The van der Waals surface area contributed by atoms with Crippen LogP contribution < -0.4 is 10.6 Å². The summed E-state index contributed by atoms with van der Waals surface area (Å²) in [7, 11) is 1.30. The largest absolute Gasteiger partial charge is 0.466 e. The Hall–Kier alpha value is -2.42. The average molecular weight is 238 g/mol. The van der Waals surface area contributed by atoms with Crippen LogP contribution in [0.25, 0.3) is 27.6 Å². The van der Waals surface area contributed by atoms with Gasteiger partial charge in [-0.1, -0.05) is 36.4 Å². The van der Waals surface area contributed by atoms with Crippen LogP contribution in [-0.4, -0.2) is 13.1 Å². The molecule has 0 bridgehead atoms. The number of rotatable bonds is 1. The number of esters is 1. The van der Waals surface area contributed by atoms with Crippen molar-refractivity contribution in [1.82, 2.24) is 0 Å². The number of carbonyl (C=O) groups excluding carboxylic acids is 1. The van der Waals surface area contributed by atoms with Crippen LogP contribution in [0.2, 0.25) is 0 Å². The normalized spacial score (nSPS) is 12.4. The van der Waals surface area contributed by atoms with Gasteiger partial charge in [-0.3, -0.25) is 4.79 Å². The van der Waals surface area contributed by atoms with E-state index in [1.165, 1.54) is 13.2 Å². The van der Waals surface area contributed by atoms with E-state index >= 15 is 0 Å². The highest BCUT2D eigenvalue weighted by molar-refractivity contribution is 6.14. The van der Waals surface area contributed by atoms with E-state index in [1.807, 2.05) is 30.3 Å². The maximum atomic E-state index is 12.3. The Bertz CT molecular complexity index is 844. The zero-order valence-electron chi connectivity index (χ0n) is 9.77. The van der Waals surface area contributed by atoms with E-state index in [-0.39, 0.29) is 5.43 Å². The van der Waals surface area contributed by atoms with Crippen molar-refractivity contribution < 1.29 is 9.53 Å². The first-order valence-corrected chi connectivity index (χ1v) is 5.59. The number of benzene rings is 2. The van der Waals surface area contributed by atoms with E-state index in [9.17, 15) is 9.59 Å². The number of carbonyl (C=O) groups is 1. The molecule has 3 heteroatoms. The minimum Gasteiger partial charge on any atom is -0.466 e. The lowest BCUT2D eigenvalue weighted by molar-refractivity contribution is -0.133. The summed E-state index contributed by atoms with van der Waals surface area (Å²) < 4.78 is 4.59. The predicted molar refractivity (Wildman–Crippen MR) is 70.6 cm³/mol. The first kappa shape index (κ1) is 10.7. The Labute approximate surface area is 103 Å². The number of hydrogen-bond donors (Lipinski definition) is 0. The van der Waals surface area contributed by atoms with Gasteiger partial charge in [-0.15, -0.1) is 0 Å². The number of methoxy groups -OCH3 is 1. The summed E-state index contributed by atoms with van der Waals surface area (Å²) >= 11 is 0. The van der Waals surface area contributed by atoms with Crippen molar-refractivity contribution >= 4 is 33.6 Å². The van der Waals surface area contributed by atoms with Gasteiger partial charge in [0.15, 0.2) is 5.43 Å². The molecule has 0 aliphatic carbocycles. The van der Waals surface area contributed by atoms with Crippen LogP contribution in [-0.2, 0) is 9.53 Å². The van der Waals surface area contributed by atoms with Crippen molar-refractivity contribution in [3.8, 4) is 0 Å². The van der Waals surface area contributed by atoms with Gasteiger partial charge in [-0.25, -0.2) is 4.79 Å². The molecule has 0 saturated heterocycles. The molecular weight excluding hydrogens is 228 g/mol. The van der Waals surface area contributed by atoms with Crippen molar-refractivity contribution in [1.29, 1.82) is 0 Å². The lowest BCUT2D eigenvalue weighted by atomic mass is 10.1. The Balaban J connectivity index is 2.58. The van der Waals surface area contributed by atoms with Gasteiger partial charge in [0.1, 0.15) is 0 Å². The lowest BCUT2D eigenvalue weighted by Crippen LogP contribution is -2.21. The van der Waals surface area contributed by atoms with Crippen LogP contribution in [0.4, 0.5) is 0 Å². The molecule has 3 aromatic carbocycles.